The molecular weight excluding hydrogens is 227 g/mol. The molecule has 0 amide bonds. The Balaban J connectivity index is 3.01. The maximum atomic E-state index is 11.0. The summed E-state index contributed by atoms with van der Waals surface area (Å²) >= 11 is 11.4. The van der Waals surface area contributed by atoms with Crippen molar-refractivity contribution in [3.63, 3.8) is 0 Å². The Morgan fingerprint density at radius 3 is 2.64 bits per heavy atom. The lowest BCUT2D eigenvalue weighted by atomic mass is 10.1. The lowest BCUT2D eigenvalue weighted by Gasteiger charge is -2.10. The van der Waals surface area contributed by atoms with Crippen molar-refractivity contribution in [1.82, 2.24) is 0 Å². The van der Waals surface area contributed by atoms with Crippen LogP contribution >= 0.6 is 23.2 Å². The number of halogens is 2. The molecule has 0 aliphatic rings. The highest BCUT2D eigenvalue weighted by molar-refractivity contribution is 6.35. The van der Waals surface area contributed by atoms with Gasteiger partial charge in [0.25, 0.3) is 0 Å². The molecule has 0 bridgehead atoms. The molecule has 1 aromatic carbocycles. The van der Waals surface area contributed by atoms with Crippen molar-refractivity contribution < 1.29 is 14.6 Å². The minimum atomic E-state index is -1.37. The third-order valence-corrected chi connectivity index (χ3v) is 2.24. The Labute approximate surface area is 91.2 Å². The van der Waals surface area contributed by atoms with Gasteiger partial charge in [-0.05, 0) is 12.1 Å². The number of carbonyl (C=O) groups is 1. The maximum absolute atomic E-state index is 11.0. The smallest absolute Gasteiger partial charge is 0.339 e. The quantitative estimate of drug-likeness (QED) is 0.799. The predicted molar refractivity (Wildman–Crippen MR) is 53.4 cm³/mol. The van der Waals surface area contributed by atoms with Gasteiger partial charge >= 0.3 is 5.97 Å². The fraction of sp³-hybridized carbons (Fsp3) is 0.222. The van der Waals surface area contributed by atoms with Crippen molar-refractivity contribution in [3.05, 3.63) is 33.8 Å². The van der Waals surface area contributed by atoms with Gasteiger partial charge < -0.3 is 9.84 Å². The van der Waals surface area contributed by atoms with E-state index in [1.807, 2.05) is 0 Å². The summed E-state index contributed by atoms with van der Waals surface area (Å²) in [6.07, 6.45) is -1.37. The Bertz CT molecular complexity index is 352. The van der Waals surface area contributed by atoms with Crippen LogP contribution in [-0.4, -0.2) is 18.2 Å². The van der Waals surface area contributed by atoms with Crippen molar-refractivity contribution in [1.29, 1.82) is 0 Å². The van der Waals surface area contributed by atoms with Gasteiger partial charge in [-0.2, -0.15) is 0 Å². The van der Waals surface area contributed by atoms with Gasteiger partial charge in [0.1, 0.15) is 0 Å². The van der Waals surface area contributed by atoms with Crippen LogP contribution in [0.15, 0.2) is 18.2 Å². The molecule has 1 N–H and O–H groups in total. The number of carbonyl (C=O) groups excluding carboxylic acids is 1. The SMILES string of the molecule is COC(=O)[C@@H](O)c1ccc(Cl)cc1Cl. The molecule has 5 heteroatoms. The third kappa shape index (κ3) is 2.38. The Hall–Kier alpha value is -0.770. The van der Waals surface area contributed by atoms with Crippen molar-refractivity contribution in [2.75, 3.05) is 7.11 Å². The predicted octanol–water partition coefficient (Wildman–Crippen LogP) is 2.20. The summed E-state index contributed by atoms with van der Waals surface area (Å²) in [5.41, 5.74) is 0.280. The zero-order valence-corrected chi connectivity index (χ0v) is 8.84. The second-order valence-corrected chi connectivity index (χ2v) is 3.44. The van der Waals surface area contributed by atoms with Crippen LogP contribution in [0, 0.1) is 0 Å². The molecule has 1 rings (SSSR count). The van der Waals surface area contributed by atoms with Gasteiger partial charge in [0.05, 0.1) is 7.11 Å². The first-order valence-corrected chi connectivity index (χ1v) is 4.52. The topological polar surface area (TPSA) is 46.5 Å². The molecule has 1 atom stereocenters. The van der Waals surface area contributed by atoms with Crippen molar-refractivity contribution >= 4 is 29.2 Å². The number of ether oxygens (including phenoxy) is 1. The molecule has 3 nitrogen and oxygen atoms in total. The Kier molecular flexibility index (Phi) is 3.75. The van der Waals surface area contributed by atoms with E-state index >= 15 is 0 Å². The third-order valence-electron chi connectivity index (χ3n) is 1.68. The molecule has 0 fully saturated rings. The molecule has 0 aliphatic heterocycles. The summed E-state index contributed by atoms with van der Waals surface area (Å²) in [6.45, 7) is 0. The van der Waals surface area contributed by atoms with Gasteiger partial charge in [0.2, 0.25) is 0 Å². The second-order valence-electron chi connectivity index (χ2n) is 2.59. The number of benzene rings is 1. The van der Waals surface area contributed by atoms with Crippen LogP contribution < -0.4 is 0 Å². The van der Waals surface area contributed by atoms with E-state index in [1.54, 1.807) is 0 Å². The number of hydrogen-bond acceptors (Lipinski definition) is 3. The molecule has 0 radical (unpaired) electrons. The van der Waals surface area contributed by atoms with E-state index in [0.717, 1.165) is 0 Å². The minimum absolute atomic E-state index is 0.232. The van der Waals surface area contributed by atoms with E-state index in [-0.39, 0.29) is 10.6 Å². The number of esters is 1. The summed E-state index contributed by atoms with van der Waals surface area (Å²) in [6, 6.07) is 4.46. The van der Waals surface area contributed by atoms with Gasteiger partial charge in [-0.1, -0.05) is 29.3 Å². The van der Waals surface area contributed by atoms with Crippen molar-refractivity contribution in [2.24, 2.45) is 0 Å². The summed E-state index contributed by atoms with van der Waals surface area (Å²) in [4.78, 5) is 11.0. The number of methoxy groups -OCH3 is 1. The van der Waals surface area contributed by atoms with Crippen LogP contribution in [0.5, 0.6) is 0 Å². The molecular formula is C9H8Cl2O3. The standard InChI is InChI=1S/C9H8Cl2O3/c1-14-9(13)8(12)6-3-2-5(10)4-7(6)11/h2-4,8,12H,1H3/t8-/m0/s1. The number of rotatable bonds is 2. The van der Waals surface area contributed by atoms with Gasteiger partial charge in [-0.15, -0.1) is 0 Å². The van der Waals surface area contributed by atoms with E-state index in [9.17, 15) is 9.90 Å². The number of aliphatic hydroxyl groups excluding tert-OH is 1. The van der Waals surface area contributed by atoms with Gasteiger partial charge in [-0.25, -0.2) is 4.79 Å². The number of hydrogen-bond donors (Lipinski definition) is 1. The molecule has 14 heavy (non-hydrogen) atoms. The zero-order chi connectivity index (χ0) is 10.7. The first kappa shape index (κ1) is 11.3. The normalized spacial score (nSPS) is 12.3. The van der Waals surface area contributed by atoms with Crippen molar-refractivity contribution in [3.8, 4) is 0 Å². The highest BCUT2D eigenvalue weighted by Crippen LogP contribution is 2.26. The van der Waals surface area contributed by atoms with E-state index in [4.69, 9.17) is 23.2 Å². The minimum Gasteiger partial charge on any atom is -0.467 e. The summed E-state index contributed by atoms with van der Waals surface area (Å²) < 4.78 is 4.37. The highest BCUT2D eigenvalue weighted by Gasteiger charge is 2.20. The Morgan fingerprint density at radius 1 is 1.50 bits per heavy atom. The summed E-state index contributed by atoms with van der Waals surface area (Å²) in [7, 11) is 1.19. The average Bonchev–Trinajstić information content (AvgIpc) is 2.15. The lowest BCUT2D eigenvalue weighted by molar-refractivity contribution is -0.150. The molecule has 0 saturated carbocycles. The molecule has 0 heterocycles. The highest BCUT2D eigenvalue weighted by atomic mass is 35.5. The average molecular weight is 235 g/mol. The van der Waals surface area contributed by atoms with Gasteiger partial charge in [0, 0.05) is 15.6 Å². The van der Waals surface area contributed by atoms with Crippen molar-refractivity contribution in [2.45, 2.75) is 6.10 Å². The van der Waals surface area contributed by atoms with Crippen LogP contribution in [0.1, 0.15) is 11.7 Å². The maximum Gasteiger partial charge on any atom is 0.339 e. The zero-order valence-electron chi connectivity index (χ0n) is 7.33. The fourth-order valence-electron chi connectivity index (χ4n) is 0.962. The first-order chi connectivity index (χ1) is 6.56. The summed E-state index contributed by atoms with van der Waals surface area (Å²) in [5.74, 6) is -0.755. The molecule has 0 aliphatic carbocycles. The van der Waals surface area contributed by atoms with Crippen LogP contribution in [0.3, 0.4) is 0 Å². The van der Waals surface area contributed by atoms with E-state index in [1.165, 1.54) is 25.3 Å². The van der Waals surface area contributed by atoms with Crippen LogP contribution in [-0.2, 0) is 9.53 Å². The summed E-state index contributed by atoms with van der Waals surface area (Å²) in [5, 5.41) is 10.1. The van der Waals surface area contributed by atoms with Crippen LogP contribution in [0.2, 0.25) is 10.0 Å². The van der Waals surface area contributed by atoms with E-state index in [0.29, 0.717) is 5.02 Å². The van der Waals surface area contributed by atoms with E-state index < -0.39 is 12.1 Å². The van der Waals surface area contributed by atoms with Crippen LogP contribution in [0.25, 0.3) is 0 Å². The van der Waals surface area contributed by atoms with E-state index in [2.05, 4.69) is 4.74 Å². The fourth-order valence-corrected chi connectivity index (χ4v) is 1.47. The molecule has 0 saturated heterocycles. The molecule has 76 valence electrons. The first-order valence-electron chi connectivity index (χ1n) is 3.77. The molecule has 0 unspecified atom stereocenters. The second kappa shape index (κ2) is 4.64. The van der Waals surface area contributed by atoms with Gasteiger partial charge in [-0.3, -0.25) is 0 Å². The molecule has 0 spiro atoms. The van der Waals surface area contributed by atoms with Gasteiger partial charge in [0.15, 0.2) is 6.10 Å². The van der Waals surface area contributed by atoms with Crippen LogP contribution in [0.4, 0.5) is 0 Å². The largest absolute Gasteiger partial charge is 0.467 e. The molecule has 1 aromatic rings. The Morgan fingerprint density at radius 2 is 2.14 bits per heavy atom. The lowest BCUT2D eigenvalue weighted by Crippen LogP contribution is -2.13. The monoisotopic (exact) mass is 234 g/mol. The molecule has 0 aromatic heterocycles. The number of aliphatic hydroxyl groups is 1.